The highest BCUT2D eigenvalue weighted by Gasteiger charge is 2.35. The zero-order valence-corrected chi connectivity index (χ0v) is 16.7. The van der Waals surface area contributed by atoms with Crippen LogP contribution in [0.4, 0.5) is 14.5 Å². The van der Waals surface area contributed by atoms with Crippen molar-refractivity contribution < 1.29 is 23.0 Å². The average Bonchev–Trinajstić information content (AvgIpc) is 2.68. The fraction of sp³-hybridized carbons (Fsp3) is 0.238. The Balaban J connectivity index is 2.03. The molecule has 5 nitrogen and oxygen atoms in total. The Hall–Kier alpha value is -3.00. The summed E-state index contributed by atoms with van der Waals surface area (Å²) in [5.41, 5.74) is 2.51. The van der Waals surface area contributed by atoms with E-state index in [0.717, 1.165) is 5.69 Å². The molecule has 0 unspecified atom stereocenters. The Morgan fingerprint density at radius 1 is 1.17 bits per heavy atom. The number of halogens is 2. The molecule has 0 amide bonds. The van der Waals surface area contributed by atoms with E-state index in [9.17, 15) is 13.6 Å². The smallest absolute Gasteiger partial charge is 0.387 e. The average molecular weight is 418 g/mol. The molecule has 152 valence electrons. The number of rotatable bonds is 6. The van der Waals surface area contributed by atoms with E-state index < -0.39 is 18.6 Å². The zero-order chi connectivity index (χ0) is 21.0. The SMILES string of the molecule is CCOC(=O)C1=C(C)N(c2ccccc2)C(=S)N[C@H]1c1ccc(OC(F)F)cc1. The van der Waals surface area contributed by atoms with Crippen LogP contribution in [0.3, 0.4) is 0 Å². The molecule has 1 N–H and O–H groups in total. The van der Waals surface area contributed by atoms with E-state index >= 15 is 0 Å². The van der Waals surface area contributed by atoms with Crippen molar-refractivity contribution in [2.45, 2.75) is 26.5 Å². The van der Waals surface area contributed by atoms with Crippen LogP contribution in [0.25, 0.3) is 0 Å². The Morgan fingerprint density at radius 3 is 2.41 bits per heavy atom. The monoisotopic (exact) mass is 418 g/mol. The minimum absolute atomic E-state index is 0.0337. The van der Waals surface area contributed by atoms with E-state index in [-0.39, 0.29) is 12.4 Å². The van der Waals surface area contributed by atoms with Crippen LogP contribution in [0.2, 0.25) is 0 Å². The number of allylic oxidation sites excluding steroid dienone is 1. The lowest BCUT2D eigenvalue weighted by molar-refractivity contribution is -0.139. The molecule has 29 heavy (non-hydrogen) atoms. The molecule has 1 aliphatic rings. The van der Waals surface area contributed by atoms with Crippen LogP contribution in [0.1, 0.15) is 25.5 Å². The zero-order valence-electron chi connectivity index (χ0n) is 15.9. The predicted molar refractivity (Wildman–Crippen MR) is 110 cm³/mol. The molecule has 0 saturated carbocycles. The number of thiocarbonyl (C=S) groups is 1. The van der Waals surface area contributed by atoms with Crippen LogP contribution in [0, 0.1) is 0 Å². The molecule has 0 fully saturated rings. The summed E-state index contributed by atoms with van der Waals surface area (Å²) in [6, 6.07) is 14.9. The summed E-state index contributed by atoms with van der Waals surface area (Å²) in [6.07, 6.45) is 0. The minimum Gasteiger partial charge on any atom is -0.463 e. The Morgan fingerprint density at radius 2 is 1.83 bits per heavy atom. The van der Waals surface area contributed by atoms with Crippen molar-refractivity contribution in [3.63, 3.8) is 0 Å². The lowest BCUT2D eigenvalue weighted by Gasteiger charge is -2.37. The molecular formula is C21H20F2N2O3S. The summed E-state index contributed by atoms with van der Waals surface area (Å²) < 4.78 is 34.5. The Bertz CT molecular complexity index is 917. The first kappa shape index (κ1) is 20.7. The van der Waals surface area contributed by atoms with E-state index in [1.807, 2.05) is 30.3 Å². The molecule has 2 aromatic carbocycles. The highest BCUT2D eigenvalue weighted by molar-refractivity contribution is 7.80. The van der Waals surface area contributed by atoms with Gasteiger partial charge >= 0.3 is 12.6 Å². The number of benzene rings is 2. The summed E-state index contributed by atoms with van der Waals surface area (Å²) >= 11 is 5.55. The molecule has 0 bridgehead atoms. The van der Waals surface area contributed by atoms with Gasteiger partial charge in [0.25, 0.3) is 0 Å². The van der Waals surface area contributed by atoms with Crippen LogP contribution >= 0.6 is 12.2 Å². The van der Waals surface area contributed by atoms with Gasteiger partial charge in [-0.3, -0.25) is 4.90 Å². The molecule has 3 rings (SSSR count). The number of alkyl halides is 2. The third-order valence-electron chi connectivity index (χ3n) is 4.43. The minimum atomic E-state index is -2.90. The van der Waals surface area contributed by atoms with E-state index in [1.54, 1.807) is 30.9 Å². The number of ether oxygens (including phenoxy) is 2. The highest BCUT2D eigenvalue weighted by atomic mass is 32.1. The second kappa shape index (κ2) is 9.00. The van der Waals surface area contributed by atoms with E-state index in [1.165, 1.54) is 12.1 Å². The van der Waals surface area contributed by atoms with Gasteiger partial charge in [-0.05, 0) is 55.9 Å². The molecule has 0 aliphatic carbocycles. The summed E-state index contributed by atoms with van der Waals surface area (Å²) in [5.74, 6) is -0.440. The van der Waals surface area contributed by atoms with Gasteiger partial charge in [-0.1, -0.05) is 30.3 Å². The lowest BCUT2D eigenvalue weighted by Crippen LogP contribution is -2.48. The maximum absolute atomic E-state index is 12.8. The van der Waals surface area contributed by atoms with Gasteiger partial charge in [-0.15, -0.1) is 0 Å². The van der Waals surface area contributed by atoms with Gasteiger partial charge in [0.05, 0.1) is 18.2 Å². The third-order valence-corrected chi connectivity index (χ3v) is 4.73. The largest absolute Gasteiger partial charge is 0.463 e. The molecule has 0 radical (unpaired) electrons. The fourth-order valence-corrected chi connectivity index (χ4v) is 3.56. The van der Waals surface area contributed by atoms with Crippen LogP contribution in [-0.4, -0.2) is 24.3 Å². The number of nitrogens with zero attached hydrogens (tertiary/aromatic N) is 1. The van der Waals surface area contributed by atoms with Gasteiger partial charge < -0.3 is 14.8 Å². The Kier molecular flexibility index (Phi) is 6.43. The van der Waals surface area contributed by atoms with Gasteiger partial charge in [0.2, 0.25) is 0 Å². The van der Waals surface area contributed by atoms with E-state index in [0.29, 0.717) is 21.9 Å². The van der Waals surface area contributed by atoms with Crippen LogP contribution in [0.5, 0.6) is 5.75 Å². The van der Waals surface area contributed by atoms with Crippen LogP contribution in [0.15, 0.2) is 65.9 Å². The van der Waals surface area contributed by atoms with Crippen molar-refractivity contribution >= 4 is 29.0 Å². The molecule has 8 heteroatoms. The number of carbonyl (C=O) groups excluding carboxylic acids is 1. The van der Waals surface area contributed by atoms with Crippen molar-refractivity contribution in [2.75, 3.05) is 11.5 Å². The van der Waals surface area contributed by atoms with Crippen LogP contribution in [-0.2, 0) is 9.53 Å². The maximum atomic E-state index is 12.8. The number of esters is 1. The number of carbonyl (C=O) groups is 1. The molecule has 0 aromatic heterocycles. The number of para-hydroxylation sites is 1. The van der Waals surface area contributed by atoms with Crippen molar-refractivity contribution in [1.29, 1.82) is 0 Å². The quantitative estimate of drug-likeness (QED) is 0.548. The molecule has 0 spiro atoms. The summed E-state index contributed by atoms with van der Waals surface area (Å²) in [4.78, 5) is 14.5. The number of nitrogens with one attached hydrogen (secondary N) is 1. The lowest BCUT2D eigenvalue weighted by atomic mass is 9.94. The highest BCUT2D eigenvalue weighted by Crippen LogP contribution is 2.34. The molecule has 2 aromatic rings. The first-order valence-corrected chi connectivity index (χ1v) is 9.41. The second-order valence-electron chi connectivity index (χ2n) is 6.22. The molecule has 1 aliphatic heterocycles. The van der Waals surface area contributed by atoms with Gasteiger partial charge in [0.15, 0.2) is 5.11 Å². The van der Waals surface area contributed by atoms with Crippen molar-refractivity contribution in [1.82, 2.24) is 5.32 Å². The molecule has 0 saturated heterocycles. The molecule has 1 heterocycles. The third kappa shape index (κ3) is 4.54. The number of anilines is 1. The van der Waals surface area contributed by atoms with E-state index in [2.05, 4.69) is 10.1 Å². The second-order valence-corrected chi connectivity index (χ2v) is 6.61. The van der Waals surface area contributed by atoms with Crippen molar-refractivity contribution in [3.8, 4) is 5.75 Å². The maximum Gasteiger partial charge on any atom is 0.387 e. The topological polar surface area (TPSA) is 50.8 Å². The molecular weight excluding hydrogens is 398 g/mol. The first-order chi connectivity index (χ1) is 13.9. The number of hydrogen-bond acceptors (Lipinski definition) is 4. The van der Waals surface area contributed by atoms with E-state index in [4.69, 9.17) is 17.0 Å². The summed E-state index contributed by atoms with van der Waals surface area (Å²) in [6.45, 7) is 0.847. The Labute approximate surface area is 172 Å². The van der Waals surface area contributed by atoms with Gasteiger partial charge in [0, 0.05) is 11.4 Å². The van der Waals surface area contributed by atoms with Gasteiger partial charge in [-0.2, -0.15) is 8.78 Å². The standard InChI is InChI=1S/C21H20F2N2O3S/c1-3-27-19(26)17-13(2)25(15-7-5-4-6-8-15)21(29)24-18(17)14-9-11-16(12-10-14)28-20(22)23/h4-12,18,20H,3H2,1-2H3,(H,24,29)/t18-/m0/s1. The molecule has 1 atom stereocenters. The number of hydrogen-bond donors (Lipinski definition) is 1. The predicted octanol–water partition coefficient (Wildman–Crippen LogP) is 4.56. The summed E-state index contributed by atoms with van der Waals surface area (Å²) in [7, 11) is 0. The normalized spacial score (nSPS) is 16.7. The van der Waals surface area contributed by atoms with Crippen molar-refractivity contribution in [2.24, 2.45) is 0 Å². The summed E-state index contributed by atoms with van der Waals surface area (Å²) in [5, 5.41) is 3.59. The van der Waals surface area contributed by atoms with Gasteiger partial charge in [-0.25, -0.2) is 4.79 Å². The van der Waals surface area contributed by atoms with Crippen molar-refractivity contribution in [3.05, 3.63) is 71.4 Å². The first-order valence-electron chi connectivity index (χ1n) is 9.00. The fourth-order valence-electron chi connectivity index (χ4n) is 3.20. The van der Waals surface area contributed by atoms with Crippen LogP contribution < -0.4 is 15.0 Å². The van der Waals surface area contributed by atoms with Gasteiger partial charge in [0.1, 0.15) is 5.75 Å².